The minimum atomic E-state index is -0.570. The van der Waals surface area contributed by atoms with Crippen molar-refractivity contribution in [2.24, 2.45) is 5.92 Å². The standard InChI is InChI=1S/C26H24Cl2FN3O4/c1-2-35-23-13-20(12-22(28)25(23)36-15-16-3-5-18(27)6-4-16)30-31-26(34)17-11-24(33)32(14-17)21-9-7-19(29)8-10-21/h3-10,12-13,17,30H,2,11,14-15H2,1H3,(H,31,34)/t17-/m1/s1. The van der Waals surface area contributed by atoms with E-state index in [0.717, 1.165) is 5.56 Å². The van der Waals surface area contributed by atoms with Gasteiger partial charge in [-0.25, -0.2) is 4.39 Å². The van der Waals surface area contributed by atoms with Crippen LogP contribution in [-0.2, 0) is 16.2 Å². The monoisotopic (exact) mass is 531 g/mol. The van der Waals surface area contributed by atoms with Gasteiger partial charge >= 0.3 is 0 Å². The molecule has 1 fully saturated rings. The number of anilines is 2. The summed E-state index contributed by atoms with van der Waals surface area (Å²) in [6, 6.07) is 16.1. The zero-order chi connectivity index (χ0) is 25.7. The van der Waals surface area contributed by atoms with E-state index in [1.54, 1.807) is 24.3 Å². The molecule has 1 heterocycles. The molecule has 188 valence electrons. The van der Waals surface area contributed by atoms with Crippen molar-refractivity contribution in [1.82, 2.24) is 5.43 Å². The first-order chi connectivity index (χ1) is 17.3. The number of carbonyl (C=O) groups excluding carboxylic acids is 2. The number of nitrogens with one attached hydrogen (secondary N) is 2. The van der Waals surface area contributed by atoms with Crippen LogP contribution in [0.2, 0.25) is 10.0 Å². The van der Waals surface area contributed by atoms with Crippen LogP contribution in [0, 0.1) is 11.7 Å². The maximum atomic E-state index is 13.2. The fourth-order valence-corrected chi connectivity index (χ4v) is 4.16. The fraction of sp³-hybridized carbons (Fsp3) is 0.231. The summed E-state index contributed by atoms with van der Waals surface area (Å²) < 4.78 is 24.8. The van der Waals surface area contributed by atoms with E-state index < -0.39 is 11.7 Å². The SMILES string of the molecule is CCOc1cc(NNC(=O)[C@@H]2CC(=O)N(c3ccc(F)cc3)C2)cc(Cl)c1OCc1ccc(Cl)cc1. The summed E-state index contributed by atoms with van der Waals surface area (Å²) in [5.41, 5.74) is 7.40. The molecule has 0 unspecified atom stereocenters. The number of carbonyl (C=O) groups is 2. The quantitative estimate of drug-likeness (QED) is 0.351. The molecule has 0 bridgehead atoms. The minimum Gasteiger partial charge on any atom is -0.490 e. The topological polar surface area (TPSA) is 79.9 Å². The van der Waals surface area contributed by atoms with Gasteiger partial charge < -0.3 is 14.4 Å². The second-order valence-electron chi connectivity index (χ2n) is 8.13. The smallest absolute Gasteiger partial charge is 0.243 e. The van der Waals surface area contributed by atoms with Crippen LogP contribution in [0.1, 0.15) is 18.9 Å². The number of hydrogen-bond acceptors (Lipinski definition) is 5. The Kier molecular flexibility index (Phi) is 8.18. The number of ether oxygens (including phenoxy) is 2. The Morgan fingerprint density at radius 3 is 2.50 bits per heavy atom. The fourth-order valence-electron chi connectivity index (χ4n) is 3.77. The molecule has 7 nitrogen and oxygen atoms in total. The molecule has 1 aliphatic heterocycles. The molecular formula is C26H24Cl2FN3O4. The molecule has 36 heavy (non-hydrogen) atoms. The lowest BCUT2D eigenvalue weighted by Crippen LogP contribution is -2.36. The third kappa shape index (κ3) is 6.19. The molecule has 0 spiro atoms. The molecule has 2 amide bonds. The van der Waals surface area contributed by atoms with Crippen molar-refractivity contribution in [2.75, 3.05) is 23.5 Å². The van der Waals surface area contributed by atoms with Crippen LogP contribution in [0.4, 0.5) is 15.8 Å². The van der Waals surface area contributed by atoms with Gasteiger partial charge in [-0.2, -0.15) is 0 Å². The highest BCUT2D eigenvalue weighted by Crippen LogP contribution is 2.39. The van der Waals surface area contributed by atoms with Crippen LogP contribution in [0.15, 0.2) is 60.7 Å². The van der Waals surface area contributed by atoms with Crippen molar-refractivity contribution in [3.8, 4) is 11.5 Å². The number of halogens is 3. The normalized spacial score (nSPS) is 15.1. The van der Waals surface area contributed by atoms with Gasteiger partial charge in [0.1, 0.15) is 12.4 Å². The Bertz CT molecular complexity index is 1240. The molecule has 0 saturated carbocycles. The maximum Gasteiger partial charge on any atom is 0.243 e. The van der Waals surface area contributed by atoms with Crippen molar-refractivity contribution < 1.29 is 23.5 Å². The Morgan fingerprint density at radius 1 is 1.08 bits per heavy atom. The highest BCUT2D eigenvalue weighted by Gasteiger charge is 2.35. The number of rotatable bonds is 9. The van der Waals surface area contributed by atoms with Crippen LogP contribution in [0.5, 0.6) is 11.5 Å². The van der Waals surface area contributed by atoms with Crippen molar-refractivity contribution in [3.63, 3.8) is 0 Å². The molecule has 0 radical (unpaired) electrons. The zero-order valence-electron chi connectivity index (χ0n) is 19.4. The van der Waals surface area contributed by atoms with Crippen molar-refractivity contribution in [2.45, 2.75) is 20.0 Å². The molecule has 0 aromatic heterocycles. The van der Waals surface area contributed by atoms with Crippen LogP contribution >= 0.6 is 23.2 Å². The average molecular weight is 532 g/mol. The van der Waals surface area contributed by atoms with E-state index in [2.05, 4.69) is 10.9 Å². The summed E-state index contributed by atoms with van der Waals surface area (Å²) in [6.07, 6.45) is 0.0489. The molecule has 0 aliphatic carbocycles. The van der Waals surface area contributed by atoms with Crippen LogP contribution in [0.3, 0.4) is 0 Å². The summed E-state index contributed by atoms with van der Waals surface area (Å²) >= 11 is 12.4. The molecule has 1 saturated heterocycles. The van der Waals surface area contributed by atoms with Crippen molar-refractivity contribution >= 4 is 46.4 Å². The molecule has 10 heteroatoms. The summed E-state index contributed by atoms with van der Waals surface area (Å²) in [4.78, 5) is 26.6. The first kappa shape index (κ1) is 25.6. The lowest BCUT2D eigenvalue weighted by Gasteiger charge is -2.18. The molecular weight excluding hydrogens is 508 g/mol. The number of nitrogens with zero attached hydrogens (tertiary/aromatic N) is 1. The van der Waals surface area contributed by atoms with E-state index in [1.807, 2.05) is 19.1 Å². The lowest BCUT2D eigenvalue weighted by molar-refractivity contribution is -0.125. The van der Waals surface area contributed by atoms with E-state index in [9.17, 15) is 14.0 Å². The first-order valence-corrected chi connectivity index (χ1v) is 12.0. The van der Waals surface area contributed by atoms with Crippen LogP contribution in [-0.4, -0.2) is 25.0 Å². The summed E-state index contributed by atoms with van der Waals surface area (Å²) in [5.74, 6) is -0.735. The molecule has 3 aromatic rings. The predicted molar refractivity (Wildman–Crippen MR) is 137 cm³/mol. The average Bonchev–Trinajstić information content (AvgIpc) is 3.25. The predicted octanol–water partition coefficient (Wildman–Crippen LogP) is 5.61. The van der Waals surface area contributed by atoms with Gasteiger partial charge in [0, 0.05) is 29.7 Å². The Hall–Kier alpha value is -3.49. The lowest BCUT2D eigenvalue weighted by atomic mass is 10.1. The van der Waals surface area contributed by atoms with Gasteiger partial charge in [-0.05, 0) is 55.0 Å². The largest absolute Gasteiger partial charge is 0.490 e. The third-order valence-corrected chi connectivity index (χ3v) is 6.10. The number of amides is 2. The second kappa shape index (κ2) is 11.5. The molecule has 2 N–H and O–H groups in total. The summed E-state index contributed by atoms with van der Waals surface area (Å²) in [6.45, 7) is 2.68. The third-order valence-electron chi connectivity index (χ3n) is 5.57. The highest BCUT2D eigenvalue weighted by atomic mass is 35.5. The Balaban J connectivity index is 1.39. The summed E-state index contributed by atoms with van der Waals surface area (Å²) in [7, 11) is 0. The molecule has 3 aromatic carbocycles. The van der Waals surface area contributed by atoms with E-state index in [4.69, 9.17) is 32.7 Å². The Labute approximate surface area is 218 Å². The van der Waals surface area contributed by atoms with Gasteiger partial charge in [0.2, 0.25) is 11.8 Å². The number of hydrogen-bond donors (Lipinski definition) is 2. The molecule has 1 atom stereocenters. The van der Waals surface area contributed by atoms with Gasteiger partial charge in [-0.3, -0.25) is 20.4 Å². The first-order valence-electron chi connectivity index (χ1n) is 11.3. The Morgan fingerprint density at radius 2 is 1.81 bits per heavy atom. The highest BCUT2D eigenvalue weighted by molar-refractivity contribution is 6.32. The van der Waals surface area contributed by atoms with E-state index in [1.165, 1.54) is 29.2 Å². The van der Waals surface area contributed by atoms with Gasteiger partial charge in [-0.1, -0.05) is 35.3 Å². The summed E-state index contributed by atoms with van der Waals surface area (Å²) in [5, 5.41) is 0.930. The van der Waals surface area contributed by atoms with Crippen LogP contribution < -0.4 is 25.2 Å². The second-order valence-corrected chi connectivity index (χ2v) is 8.97. The maximum absolute atomic E-state index is 13.2. The van der Waals surface area contributed by atoms with Crippen molar-refractivity contribution in [3.05, 3.63) is 82.1 Å². The van der Waals surface area contributed by atoms with Gasteiger partial charge in [0.25, 0.3) is 0 Å². The molecule has 1 aliphatic rings. The molecule has 4 rings (SSSR count). The van der Waals surface area contributed by atoms with E-state index >= 15 is 0 Å². The van der Waals surface area contributed by atoms with E-state index in [0.29, 0.717) is 39.5 Å². The minimum absolute atomic E-state index is 0.0489. The zero-order valence-corrected chi connectivity index (χ0v) is 20.9. The van der Waals surface area contributed by atoms with Gasteiger partial charge in [-0.15, -0.1) is 0 Å². The van der Waals surface area contributed by atoms with Crippen molar-refractivity contribution in [1.29, 1.82) is 0 Å². The van der Waals surface area contributed by atoms with Gasteiger partial charge in [0.05, 0.1) is 23.2 Å². The number of hydrazine groups is 1. The van der Waals surface area contributed by atoms with Crippen LogP contribution in [0.25, 0.3) is 0 Å². The van der Waals surface area contributed by atoms with E-state index in [-0.39, 0.29) is 31.4 Å². The van der Waals surface area contributed by atoms with Gasteiger partial charge in [0.15, 0.2) is 11.5 Å². The number of benzene rings is 3.